The molecule has 1 aliphatic rings. The Balaban J connectivity index is 1.54. The molecule has 4 nitrogen and oxygen atoms in total. The van der Waals surface area contributed by atoms with Crippen LogP contribution in [0.15, 0.2) is 71.7 Å². The summed E-state index contributed by atoms with van der Waals surface area (Å²) in [7, 11) is 0. The highest BCUT2D eigenvalue weighted by atomic mass is 35.5. The maximum atomic E-state index is 13.6. The minimum absolute atomic E-state index is 0.0266. The molecular formula is C25H21ClFN3O. The van der Waals surface area contributed by atoms with Gasteiger partial charge in [0.15, 0.2) is 0 Å². The van der Waals surface area contributed by atoms with E-state index in [0.717, 1.165) is 47.2 Å². The average molecular weight is 434 g/mol. The van der Waals surface area contributed by atoms with E-state index in [1.807, 2.05) is 30.3 Å². The maximum absolute atomic E-state index is 13.6. The van der Waals surface area contributed by atoms with Crippen molar-refractivity contribution >= 4 is 22.6 Å². The van der Waals surface area contributed by atoms with Crippen molar-refractivity contribution in [3.63, 3.8) is 0 Å². The van der Waals surface area contributed by atoms with Crippen LogP contribution in [0.25, 0.3) is 11.0 Å². The molecule has 2 aromatic heterocycles. The fourth-order valence-electron chi connectivity index (χ4n) is 4.37. The van der Waals surface area contributed by atoms with Crippen molar-refractivity contribution < 1.29 is 4.39 Å². The van der Waals surface area contributed by atoms with Gasteiger partial charge in [0.25, 0.3) is 5.56 Å². The highest BCUT2D eigenvalue weighted by Crippen LogP contribution is 2.26. The van der Waals surface area contributed by atoms with Gasteiger partial charge in [-0.3, -0.25) is 14.3 Å². The van der Waals surface area contributed by atoms with E-state index < -0.39 is 0 Å². The zero-order valence-corrected chi connectivity index (χ0v) is 17.6. The maximum Gasteiger partial charge on any atom is 0.257 e. The second-order valence-electron chi connectivity index (χ2n) is 7.94. The fourth-order valence-corrected chi connectivity index (χ4v) is 4.58. The molecule has 0 fully saturated rings. The smallest absolute Gasteiger partial charge is 0.257 e. The van der Waals surface area contributed by atoms with Crippen LogP contribution in [0.3, 0.4) is 0 Å². The molecule has 0 radical (unpaired) electrons. The van der Waals surface area contributed by atoms with E-state index in [0.29, 0.717) is 23.8 Å². The summed E-state index contributed by atoms with van der Waals surface area (Å²) in [4.78, 5) is 20.4. The second-order valence-corrected chi connectivity index (χ2v) is 8.38. The SMILES string of the molecule is O=c1c2c(c3cccnc3n1Cc1ccc(F)cc1)CCN(Cc1cccc(Cl)c1)C2. The zero-order valence-electron chi connectivity index (χ0n) is 16.9. The molecule has 2 aromatic carbocycles. The lowest BCUT2D eigenvalue weighted by atomic mass is 9.97. The van der Waals surface area contributed by atoms with Crippen LogP contribution in [-0.4, -0.2) is 21.0 Å². The van der Waals surface area contributed by atoms with Crippen molar-refractivity contribution in [1.29, 1.82) is 0 Å². The zero-order chi connectivity index (χ0) is 21.4. The van der Waals surface area contributed by atoms with Crippen LogP contribution in [0.4, 0.5) is 4.39 Å². The van der Waals surface area contributed by atoms with E-state index in [1.165, 1.54) is 12.1 Å². The van der Waals surface area contributed by atoms with Crippen molar-refractivity contribution in [2.75, 3.05) is 6.54 Å². The highest BCUT2D eigenvalue weighted by molar-refractivity contribution is 6.30. The molecule has 0 bridgehead atoms. The fraction of sp³-hybridized carbons (Fsp3) is 0.200. The monoisotopic (exact) mass is 433 g/mol. The Kier molecular flexibility index (Phi) is 5.30. The van der Waals surface area contributed by atoms with Gasteiger partial charge < -0.3 is 0 Å². The molecule has 0 N–H and O–H groups in total. The third-order valence-electron chi connectivity index (χ3n) is 5.84. The number of hydrogen-bond acceptors (Lipinski definition) is 3. The van der Waals surface area contributed by atoms with E-state index in [-0.39, 0.29) is 11.4 Å². The summed E-state index contributed by atoms with van der Waals surface area (Å²) in [5, 5.41) is 1.73. The summed E-state index contributed by atoms with van der Waals surface area (Å²) in [5.74, 6) is -0.291. The van der Waals surface area contributed by atoms with Crippen LogP contribution < -0.4 is 5.56 Å². The van der Waals surface area contributed by atoms with Gasteiger partial charge in [-0.1, -0.05) is 35.9 Å². The van der Waals surface area contributed by atoms with Crippen LogP contribution in [0.1, 0.15) is 22.3 Å². The minimum atomic E-state index is -0.291. The Morgan fingerprint density at radius 3 is 2.61 bits per heavy atom. The number of aromatic nitrogens is 2. The van der Waals surface area contributed by atoms with Crippen LogP contribution in [0, 0.1) is 5.82 Å². The summed E-state index contributed by atoms with van der Waals surface area (Å²) in [6.45, 7) is 2.54. The first-order valence-electron chi connectivity index (χ1n) is 10.3. The molecule has 0 spiro atoms. The lowest BCUT2D eigenvalue weighted by molar-refractivity contribution is 0.244. The standard InChI is InChI=1S/C25H21ClFN3O/c26-19-4-1-3-18(13-19)14-29-12-10-21-22-5-2-11-28-24(22)30(25(31)23(21)16-29)15-17-6-8-20(27)9-7-17/h1-9,11,13H,10,12,14-16H2. The number of fused-ring (bicyclic) bond motifs is 3. The van der Waals surface area contributed by atoms with E-state index in [2.05, 4.69) is 16.0 Å². The highest BCUT2D eigenvalue weighted by Gasteiger charge is 2.24. The molecule has 6 heteroatoms. The molecule has 1 aliphatic heterocycles. The third-order valence-corrected chi connectivity index (χ3v) is 6.08. The van der Waals surface area contributed by atoms with Crippen molar-refractivity contribution in [1.82, 2.24) is 14.5 Å². The predicted octanol–water partition coefficient (Wildman–Crippen LogP) is 4.80. The van der Waals surface area contributed by atoms with Gasteiger partial charge in [0.1, 0.15) is 11.5 Å². The second kappa shape index (κ2) is 8.25. The summed E-state index contributed by atoms with van der Waals surface area (Å²) < 4.78 is 15.0. The van der Waals surface area contributed by atoms with Crippen LogP contribution in [0.5, 0.6) is 0 Å². The molecule has 0 atom stereocenters. The normalized spacial score (nSPS) is 14.0. The number of halogens is 2. The Morgan fingerprint density at radius 2 is 1.81 bits per heavy atom. The van der Waals surface area contributed by atoms with Crippen molar-refractivity contribution in [3.8, 4) is 0 Å². The molecule has 0 amide bonds. The van der Waals surface area contributed by atoms with Gasteiger partial charge in [0.05, 0.1) is 6.54 Å². The molecule has 156 valence electrons. The van der Waals surface area contributed by atoms with E-state index >= 15 is 0 Å². The number of hydrogen-bond donors (Lipinski definition) is 0. The number of pyridine rings is 2. The van der Waals surface area contributed by atoms with Gasteiger partial charge in [-0.05, 0) is 59.5 Å². The topological polar surface area (TPSA) is 38.1 Å². The van der Waals surface area contributed by atoms with Gasteiger partial charge in [0.2, 0.25) is 0 Å². The van der Waals surface area contributed by atoms with Crippen molar-refractivity contribution in [2.24, 2.45) is 0 Å². The van der Waals surface area contributed by atoms with Crippen LogP contribution in [-0.2, 0) is 26.1 Å². The van der Waals surface area contributed by atoms with Gasteiger partial charge in [-0.25, -0.2) is 9.37 Å². The molecule has 0 unspecified atom stereocenters. The van der Waals surface area contributed by atoms with E-state index in [9.17, 15) is 9.18 Å². The van der Waals surface area contributed by atoms with Gasteiger partial charge in [-0.2, -0.15) is 0 Å². The average Bonchev–Trinajstić information content (AvgIpc) is 2.78. The van der Waals surface area contributed by atoms with Crippen molar-refractivity contribution in [2.45, 2.75) is 26.1 Å². The molecule has 0 saturated heterocycles. The summed E-state index contributed by atoms with van der Waals surface area (Å²) in [6, 6.07) is 18.0. The predicted molar refractivity (Wildman–Crippen MR) is 121 cm³/mol. The summed E-state index contributed by atoms with van der Waals surface area (Å²) in [5.41, 5.74) is 4.55. The van der Waals surface area contributed by atoms with Crippen molar-refractivity contribution in [3.05, 3.63) is 110 Å². The van der Waals surface area contributed by atoms with Gasteiger partial charge in [-0.15, -0.1) is 0 Å². The van der Waals surface area contributed by atoms with E-state index in [4.69, 9.17) is 11.6 Å². The Morgan fingerprint density at radius 1 is 0.968 bits per heavy atom. The first kappa shape index (κ1) is 19.9. The first-order chi connectivity index (χ1) is 15.1. The van der Waals surface area contributed by atoms with Gasteiger partial charge >= 0.3 is 0 Å². The quantitative estimate of drug-likeness (QED) is 0.464. The molecule has 0 aliphatic carbocycles. The van der Waals surface area contributed by atoms with Crippen LogP contribution >= 0.6 is 11.6 Å². The Bertz CT molecular complexity index is 1320. The van der Waals surface area contributed by atoms with E-state index in [1.54, 1.807) is 22.9 Å². The van der Waals surface area contributed by atoms with Gasteiger partial charge in [0, 0.05) is 41.8 Å². The third kappa shape index (κ3) is 3.99. The lowest BCUT2D eigenvalue weighted by Gasteiger charge is -2.30. The number of benzene rings is 2. The largest absolute Gasteiger partial charge is 0.294 e. The summed E-state index contributed by atoms with van der Waals surface area (Å²) in [6.07, 6.45) is 2.51. The first-order valence-corrected chi connectivity index (χ1v) is 10.7. The molecule has 3 heterocycles. The molecular weight excluding hydrogens is 413 g/mol. The molecule has 0 saturated carbocycles. The number of nitrogens with zero attached hydrogens (tertiary/aromatic N) is 3. The lowest BCUT2D eigenvalue weighted by Crippen LogP contribution is -2.37. The molecule has 5 rings (SSSR count). The Labute approximate surface area is 184 Å². The number of rotatable bonds is 4. The minimum Gasteiger partial charge on any atom is -0.294 e. The molecule has 4 aromatic rings. The molecule has 31 heavy (non-hydrogen) atoms. The van der Waals surface area contributed by atoms with Crippen LogP contribution in [0.2, 0.25) is 5.02 Å². The summed E-state index contributed by atoms with van der Waals surface area (Å²) >= 11 is 6.14. The Hall–Kier alpha value is -3.02.